The van der Waals surface area contributed by atoms with E-state index in [1.807, 2.05) is 27.7 Å². The molecule has 0 radical (unpaired) electrons. The second-order valence-electron chi connectivity index (χ2n) is 6.17. The summed E-state index contributed by atoms with van der Waals surface area (Å²) in [7, 11) is 0. The van der Waals surface area contributed by atoms with Crippen LogP contribution in [0.25, 0.3) is 0 Å². The van der Waals surface area contributed by atoms with Crippen LogP contribution in [0.4, 0.5) is 0 Å². The van der Waals surface area contributed by atoms with Crippen molar-refractivity contribution in [1.29, 1.82) is 0 Å². The molecule has 2 aromatic rings. The molecule has 0 spiro atoms. The maximum Gasteiger partial charge on any atom is -0.0256 e. The summed E-state index contributed by atoms with van der Waals surface area (Å²) >= 11 is 0. The summed E-state index contributed by atoms with van der Waals surface area (Å²) in [5.41, 5.74) is 2.88. The molecule has 144 valence electrons. The zero-order valence-corrected chi connectivity index (χ0v) is 17.3. The topological polar surface area (TPSA) is 0 Å². The highest BCUT2D eigenvalue weighted by Crippen LogP contribution is 2.06. The Bertz CT molecular complexity index is 394. The molecule has 0 aromatic heterocycles. The summed E-state index contributed by atoms with van der Waals surface area (Å²) in [6, 6.07) is 21.2. The van der Waals surface area contributed by atoms with Gasteiger partial charge < -0.3 is 0 Å². The van der Waals surface area contributed by atoms with Gasteiger partial charge in [-0.3, -0.25) is 0 Å². The third kappa shape index (κ3) is 18.6. The van der Waals surface area contributed by atoms with Gasteiger partial charge in [-0.1, -0.05) is 123 Å². The van der Waals surface area contributed by atoms with E-state index < -0.39 is 0 Å². The van der Waals surface area contributed by atoms with E-state index in [1.54, 1.807) is 0 Å². The summed E-state index contributed by atoms with van der Waals surface area (Å²) in [5.74, 6) is 1.53. The molecular formula is C25H44. The highest BCUT2D eigenvalue weighted by atomic mass is 14.0. The molecule has 0 fully saturated rings. The Hall–Kier alpha value is -1.56. The van der Waals surface area contributed by atoms with E-state index in [-0.39, 0.29) is 7.43 Å². The van der Waals surface area contributed by atoms with Gasteiger partial charge in [0, 0.05) is 0 Å². The minimum absolute atomic E-state index is 0. The average molecular weight is 345 g/mol. The van der Waals surface area contributed by atoms with E-state index in [1.165, 1.54) is 24.0 Å². The van der Waals surface area contributed by atoms with Crippen LogP contribution < -0.4 is 0 Å². The lowest BCUT2D eigenvalue weighted by Gasteiger charge is -2.02. The first-order valence-electron chi connectivity index (χ1n) is 9.65. The lowest BCUT2D eigenvalue weighted by Crippen LogP contribution is -1.92. The van der Waals surface area contributed by atoms with Crippen LogP contribution >= 0.6 is 0 Å². The van der Waals surface area contributed by atoms with E-state index in [0.29, 0.717) is 0 Å². The fraction of sp³-hybridized carbons (Fsp3) is 0.520. The normalized spacial score (nSPS) is 8.72. The number of hydrogen-bond donors (Lipinski definition) is 0. The van der Waals surface area contributed by atoms with Gasteiger partial charge in [0.25, 0.3) is 0 Å². The highest BCUT2D eigenvalue weighted by molar-refractivity contribution is 5.15. The molecule has 0 saturated heterocycles. The van der Waals surface area contributed by atoms with Crippen LogP contribution in [-0.2, 0) is 12.8 Å². The van der Waals surface area contributed by atoms with E-state index in [2.05, 4.69) is 88.4 Å². The summed E-state index contributed by atoms with van der Waals surface area (Å²) in [4.78, 5) is 0. The smallest absolute Gasteiger partial charge is 0.0256 e. The van der Waals surface area contributed by atoms with E-state index in [9.17, 15) is 0 Å². The molecule has 0 heteroatoms. The number of benzene rings is 2. The quantitative estimate of drug-likeness (QED) is 0.521. The van der Waals surface area contributed by atoms with Crippen molar-refractivity contribution in [1.82, 2.24) is 0 Å². The van der Waals surface area contributed by atoms with Crippen molar-refractivity contribution in [3.05, 3.63) is 71.8 Å². The Morgan fingerprint density at radius 2 is 0.760 bits per heavy atom. The van der Waals surface area contributed by atoms with Gasteiger partial charge in [0.15, 0.2) is 0 Å². The van der Waals surface area contributed by atoms with Crippen LogP contribution in [0.15, 0.2) is 60.7 Å². The minimum atomic E-state index is 0. The van der Waals surface area contributed by atoms with Crippen molar-refractivity contribution in [3.8, 4) is 0 Å². The summed E-state index contributed by atoms with van der Waals surface area (Å²) in [5, 5.41) is 0. The molecule has 25 heavy (non-hydrogen) atoms. The second-order valence-corrected chi connectivity index (χ2v) is 6.17. The third-order valence-electron chi connectivity index (χ3n) is 2.97. The largest absolute Gasteiger partial charge is 0.0776 e. The molecule has 0 aliphatic heterocycles. The molecule has 0 bridgehead atoms. The second kappa shape index (κ2) is 20.5. The van der Waals surface area contributed by atoms with Gasteiger partial charge in [-0.2, -0.15) is 0 Å². The van der Waals surface area contributed by atoms with Gasteiger partial charge in [0.1, 0.15) is 0 Å². The predicted octanol–water partition coefficient (Wildman–Crippen LogP) is 8.46. The van der Waals surface area contributed by atoms with Crippen molar-refractivity contribution in [2.24, 2.45) is 11.8 Å². The molecule has 0 N–H and O–H groups in total. The fourth-order valence-electron chi connectivity index (χ4n) is 2.17. The van der Waals surface area contributed by atoms with Crippen molar-refractivity contribution in [2.45, 2.75) is 75.7 Å². The van der Waals surface area contributed by atoms with Gasteiger partial charge in [0.2, 0.25) is 0 Å². The Morgan fingerprint density at radius 1 is 0.520 bits per heavy atom. The van der Waals surface area contributed by atoms with Crippen molar-refractivity contribution >= 4 is 0 Å². The molecule has 0 unspecified atom stereocenters. The average Bonchev–Trinajstić information content (AvgIpc) is 2.60. The third-order valence-corrected chi connectivity index (χ3v) is 2.97. The molecule has 0 saturated carbocycles. The van der Waals surface area contributed by atoms with Crippen LogP contribution in [0.2, 0.25) is 0 Å². The van der Waals surface area contributed by atoms with E-state index in [0.717, 1.165) is 11.8 Å². The van der Waals surface area contributed by atoms with Crippen molar-refractivity contribution < 1.29 is 0 Å². The zero-order valence-electron chi connectivity index (χ0n) is 17.3. The number of rotatable bonds is 4. The molecule has 2 rings (SSSR count). The molecule has 2 aromatic carbocycles. The Labute approximate surface area is 159 Å². The Morgan fingerprint density at radius 3 is 0.960 bits per heavy atom. The van der Waals surface area contributed by atoms with Gasteiger partial charge in [-0.15, -0.1) is 0 Å². The van der Waals surface area contributed by atoms with E-state index >= 15 is 0 Å². The summed E-state index contributed by atoms with van der Waals surface area (Å²) < 4.78 is 0. The molecule has 0 aliphatic carbocycles. The lowest BCUT2D eigenvalue weighted by molar-refractivity contribution is 0.647. The van der Waals surface area contributed by atoms with Crippen LogP contribution in [0.5, 0.6) is 0 Å². The molecule has 0 nitrogen and oxygen atoms in total. The summed E-state index contributed by atoms with van der Waals surface area (Å²) in [6.07, 6.45) is 2.39. The molecule has 0 aliphatic rings. The SMILES string of the molecule is C.CC.CC.CC(C)Cc1ccccc1.CC(C)Cc1ccccc1. The standard InChI is InChI=1S/2C10H14.2C2H6.CH4/c2*1-9(2)8-10-6-4-3-5-7-10;2*1-2;/h2*3-7,9H,8H2,1-2H3;2*1-2H3;1H4. The molecular weight excluding hydrogens is 300 g/mol. The number of hydrogen-bond acceptors (Lipinski definition) is 0. The maximum absolute atomic E-state index is 2.24. The van der Waals surface area contributed by atoms with Gasteiger partial charge in [-0.25, -0.2) is 0 Å². The van der Waals surface area contributed by atoms with Gasteiger partial charge in [-0.05, 0) is 35.8 Å². The van der Waals surface area contributed by atoms with Crippen molar-refractivity contribution in [2.75, 3.05) is 0 Å². The Balaban J connectivity index is -0.000000312. The van der Waals surface area contributed by atoms with E-state index in [4.69, 9.17) is 0 Å². The van der Waals surface area contributed by atoms with Crippen molar-refractivity contribution in [3.63, 3.8) is 0 Å². The van der Waals surface area contributed by atoms with Crippen LogP contribution in [0, 0.1) is 11.8 Å². The maximum atomic E-state index is 2.24. The zero-order chi connectivity index (χ0) is 18.8. The van der Waals surface area contributed by atoms with Crippen LogP contribution in [0.1, 0.15) is 73.9 Å². The lowest BCUT2D eigenvalue weighted by atomic mass is 10.0. The Kier molecular flexibility index (Phi) is 23.1. The van der Waals surface area contributed by atoms with Gasteiger partial charge in [0.05, 0.1) is 0 Å². The van der Waals surface area contributed by atoms with Crippen LogP contribution in [-0.4, -0.2) is 0 Å². The first-order chi connectivity index (χ1) is 11.6. The van der Waals surface area contributed by atoms with Crippen LogP contribution in [0.3, 0.4) is 0 Å². The highest BCUT2D eigenvalue weighted by Gasteiger charge is 1.94. The molecule has 0 atom stereocenters. The fourth-order valence-corrected chi connectivity index (χ4v) is 2.17. The van der Waals surface area contributed by atoms with Gasteiger partial charge >= 0.3 is 0 Å². The minimum Gasteiger partial charge on any atom is -0.0776 e. The monoisotopic (exact) mass is 344 g/mol. The first kappa shape index (κ1) is 28.3. The predicted molar refractivity (Wildman–Crippen MR) is 119 cm³/mol. The molecule has 0 amide bonds. The molecule has 0 heterocycles. The first-order valence-corrected chi connectivity index (χ1v) is 9.65. The summed E-state index contributed by atoms with van der Waals surface area (Å²) in [6.45, 7) is 17.0.